The molecule has 0 unspecified atom stereocenters. The fourth-order valence-corrected chi connectivity index (χ4v) is 3.54. The van der Waals surface area contributed by atoms with Crippen molar-refractivity contribution >= 4 is 5.91 Å². The van der Waals surface area contributed by atoms with Crippen LogP contribution < -0.4 is 14.8 Å². The monoisotopic (exact) mass is 367 g/mol. The molecule has 0 radical (unpaired) electrons. The molecule has 1 aliphatic rings. The van der Waals surface area contributed by atoms with E-state index in [1.807, 2.05) is 50.2 Å². The molecule has 4 nitrogen and oxygen atoms in total. The quantitative estimate of drug-likeness (QED) is 0.819. The summed E-state index contributed by atoms with van der Waals surface area (Å²) in [5.74, 6) is 1.48. The van der Waals surface area contributed by atoms with Crippen LogP contribution in [0.25, 0.3) is 0 Å². The van der Waals surface area contributed by atoms with Crippen LogP contribution in [-0.2, 0) is 4.79 Å². The highest BCUT2D eigenvalue weighted by atomic mass is 16.5. The van der Waals surface area contributed by atoms with Crippen molar-refractivity contribution in [2.45, 2.75) is 65.2 Å². The third-order valence-electron chi connectivity index (χ3n) is 4.87. The van der Waals surface area contributed by atoms with Gasteiger partial charge in [-0.1, -0.05) is 36.8 Å². The maximum atomic E-state index is 13.0. The highest BCUT2D eigenvalue weighted by Gasteiger charge is 2.35. The molecule has 0 saturated carbocycles. The van der Waals surface area contributed by atoms with E-state index >= 15 is 0 Å². The number of aryl methyl sites for hydroxylation is 2. The summed E-state index contributed by atoms with van der Waals surface area (Å²) in [4.78, 5) is 13.0. The van der Waals surface area contributed by atoms with Gasteiger partial charge in [-0.25, -0.2) is 0 Å². The molecular weight excluding hydrogens is 338 g/mol. The van der Waals surface area contributed by atoms with E-state index in [0.717, 1.165) is 34.6 Å². The Morgan fingerprint density at radius 2 is 1.96 bits per heavy atom. The molecule has 1 aliphatic heterocycles. The summed E-state index contributed by atoms with van der Waals surface area (Å²) in [5, 5.41) is 3.20. The summed E-state index contributed by atoms with van der Waals surface area (Å²) in [6, 6.07) is 13.8. The standard InChI is InChI=1S/C23H29NO3/c1-6-20(26-17-9-7-8-15(2)12-17)22(25)24-19-14-23(4,5)27-21-11-10-16(3)13-18(19)21/h7-13,19-20H,6,14H2,1-5H3,(H,24,25)/t19-,20-/m0/s1. The van der Waals surface area contributed by atoms with Crippen LogP contribution in [0.3, 0.4) is 0 Å². The van der Waals surface area contributed by atoms with Crippen molar-refractivity contribution in [3.8, 4) is 11.5 Å². The molecule has 27 heavy (non-hydrogen) atoms. The lowest BCUT2D eigenvalue weighted by molar-refractivity contribution is -0.129. The first-order chi connectivity index (χ1) is 12.8. The van der Waals surface area contributed by atoms with Crippen molar-refractivity contribution in [1.82, 2.24) is 5.32 Å². The van der Waals surface area contributed by atoms with Crippen molar-refractivity contribution in [2.24, 2.45) is 0 Å². The SMILES string of the molecule is CC[C@H](Oc1cccc(C)c1)C(=O)N[C@H]1CC(C)(C)Oc2ccc(C)cc21. The number of carbonyl (C=O) groups excluding carboxylic acids is 1. The molecule has 2 aromatic carbocycles. The van der Waals surface area contributed by atoms with Crippen molar-refractivity contribution in [3.63, 3.8) is 0 Å². The summed E-state index contributed by atoms with van der Waals surface area (Å²) in [7, 11) is 0. The minimum absolute atomic E-state index is 0.0887. The average Bonchev–Trinajstić information content (AvgIpc) is 2.59. The Hall–Kier alpha value is -2.49. The number of nitrogens with one attached hydrogen (secondary N) is 1. The minimum atomic E-state index is -0.522. The first-order valence-electron chi connectivity index (χ1n) is 9.60. The Morgan fingerprint density at radius 3 is 2.67 bits per heavy atom. The van der Waals surface area contributed by atoms with Crippen LogP contribution in [0.2, 0.25) is 0 Å². The van der Waals surface area contributed by atoms with Gasteiger partial charge in [-0.2, -0.15) is 0 Å². The maximum absolute atomic E-state index is 13.0. The van der Waals surface area contributed by atoms with Crippen LogP contribution in [0, 0.1) is 13.8 Å². The second-order valence-corrected chi connectivity index (χ2v) is 8.00. The zero-order chi connectivity index (χ0) is 19.6. The van der Waals surface area contributed by atoms with Gasteiger partial charge in [-0.3, -0.25) is 4.79 Å². The third kappa shape index (κ3) is 4.62. The molecule has 0 aliphatic carbocycles. The van der Waals surface area contributed by atoms with Gasteiger partial charge in [-0.05, 0) is 57.9 Å². The molecule has 4 heteroatoms. The van der Waals surface area contributed by atoms with Gasteiger partial charge in [0.05, 0.1) is 6.04 Å². The lowest BCUT2D eigenvalue weighted by Gasteiger charge is -2.38. The summed E-state index contributed by atoms with van der Waals surface area (Å²) < 4.78 is 12.1. The maximum Gasteiger partial charge on any atom is 0.261 e. The Bertz CT molecular complexity index is 828. The number of hydrogen-bond acceptors (Lipinski definition) is 3. The van der Waals surface area contributed by atoms with Crippen molar-refractivity contribution in [3.05, 3.63) is 59.2 Å². The summed E-state index contributed by atoms with van der Waals surface area (Å²) in [6.07, 6.45) is 0.800. The summed E-state index contributed by atoms with van der Waals surface area (Å²) >= 11 is 0. The van der Waals surface area contributed by atoms with Gasteiger partial charge < -0.3 is 14.8 Å². The third-order valence-corrected chi connectivity index (χ3v) is 4.87. The van der Waals surface area contributed by atoms with Crippen LogP contribution >= 0.6 is 0 Å². The second-order valence-electron chi connectivity index (χ2n) is 8.00. The normalized spacial score (nSPS) is 18.8. The molecular formula is C23H29NO3. The second kappa shape index (κ2) is 7.63. The Kier molecular flexibility index (Phi) is 5.45. The Morgan fingerprint density at radius 1 is 1.22 bits per heavy atom. The Labute approximate surface area is 161 Å². The number of carbonyl (C=O) groups is 1. The molecule has 0 saturated heterocycles. The highest BCUT2D eigenvalue weighted by Crippen LogP contribution is 2.40. The summed E-state index contributed by atoms with van der Waals surface area (Å²) in [6.45, 7) is 10.1. The lowest BCUT2D eigenvalue weighted by atomic mass is 9.88. The molecule has 0 bridgehead atoms. The predicted octanol–water partition coefficient (Wildman–Crippen LogP) is 4.88. The molecule has 144 valence electrons. The van der Waals surface area contributed by atoms with Gasteiger partial charge in [0.1, 0.15) is 17.1 Å². The molecule has 0 aromatic heterocycles. The van der Waals surface area contributed by atoms with E-state index < -0.39 is 6.10 Å². The van der Waals surface area contributed by atoms with Gasteiger partial charge in [-0.15, -0.1) is 0 Å². The molecule has 0 fully saturated rings. The zero-order valence-electron chi connectivity index (χ0n) is 16.8. The molecule has 2 atom stereocenters. The van der Waals surface area contributed by atoms with Crippen molar-refractivity contribution in [2.75, 3.05) is 0 Å². The minimum Gasteiger partial charge on any atom is -0.487 e. The van der Waals surface area contributed by atoms with Gasteiger partial charge >= 0.3 is 0 Å². The van der Waals surface area contributed by atoms with Gasteiger partial charge in [0.15, 0.2) is 6.10 Å². The smallest absolute Gasteiger partial charge is 0.261 e. The van der Waals surface area contributed by atoms with Gasteiger partial charge in [0.2, 0.25) is 0 Å². The molecule has 1 N–H and O–H groups in total. The topological polar surface area (TPSA) is 47.6 Å². The van der Waals surface area contributed by atoms with Gasteiger partial charge in [0, 0.05) is 12.0 Å². The van der Waals surface area contributed by atoms with E-state index in [4.69, 9.17) is 9.47 Å². The number of amides is 1. The molecule has 0 spiro atoms. The van der Waals surface area contributed by atoms with Crippen molar-refractivity contribution in [1.29, 1.82) is 0 Å². The van der Waals surface area contributed by atoms with Crippen LogP contribution in [-0.4, -0.2) is 17.6 Å². The van der Waals surface area contributed by atoms with Crippen LogP contribution in [0.4, 0.5) is 0 Å². The fourth-order valence-electron chi connectivity index (χ4n) is 3.54. The van der Waals surface area contributed by atoms with Crippen LogP contribution in [0.15, 0.2) is 42.5 Å². The largest absolute Gasteiger partial charge is 0.487 e. The highest BCUT2D eigenvalue weighted by molar-refractivity contribution is 5.81. The summed E-state index contributed by atoms with van der Waals surface area (Å²) in [5.41, 5.74) is 2.96. The number of rotatable bonds is 5. The molecule has 2 aromatic rings. The van der Waals surface area contributed by atoms with E-state index in [1.54, 1.807) is 0 Å². The van der Waals surface area contributed by atoms with E-state index in [1.165, 1.54) is 0 Å². The molecule has 1 amide bonds. The van der Waals surface area contributed by atoms with E-state index in [-0.39, 0.29) is 17.6 Å². The van der Waals surface area contributed by atoms with Crippen molar-refractivity contribution < 1.29 is 14.3 Å². The number of fused-ring (bicyclic) bond motifs is 1. The fraction of sp³-hybridized carbons (Fsp3) is 0.435. The van der Waals surface area contributed by atoms with Gasteiger partial charge in [0.25, 0.3) is 5.91 Å². The Balaban J connectivity index is 1.78. The number of hydrogen-bond donors (Lipinski definition) is 1. The first kappa shape index (κ1) is 19.3. The molecule has 1 heterocycles. The van der Waals surface area contributed by atoms with E-state index in [2.05, 4.69) is 32.2 Å². The van der Waals surface area contributed by atoms with E-state index in [0.29, 0.717) is 6.42 Å². The predicted molar refractivity (Wildman–Crippen MR) is 107 cm³/mol. The average molecular weight is 367 g/mol. The molecule has 3 rings (SSSR count). The van der Waals surface area contributed by atoms with Crippen LogP contribution in [0.5, 0.6) is 11.5 Å². The first-order valence-corrected chi connectivity index (χ1v) is 9.60. The zero-order valence-corrected chi connectivity index (χ0v) is 16.8. The number of ether oxygens (including phenoxy) is 2. The number of benzene rings is 2. The van der Waals surface area contributed by atoms with Crippen LogP contribution in [0.1, 0.15) is 56.3 Å². The lowest BCUT2D eigenvalue weighted by Crippen LogP contribution is -2.45. The van der Waals surface area contributed by atoms with E-state index in [9.17, 15) is 4.79 Å².